The van der Waals surface area contributed by atoms with E-state index in [1.54, 1.807) is 41.1 Å². The number of nitrogens with one attached hydrogen (secondary N) is 1. The highest BCUT2D eigenvalue weighted by molar-refractivity contribution is 7.99. The quantitative estimate of drug-likeness (QED) is 0.267. The van der Waals surface area contributed by atoms with Crippen LogP contribution in [0.5, 0.6) is 0 Å². The molecule has 0 aliphatic rings. The second kappa shape index (κ2) is 9.18. The van der Waals surface area contributed by atoms with Crippen LogP contribution in [-0.2, 0) is 4.79 Å². The van der Waals surface area contributed by atoms with Crippen molar-refractivity contribution in [3.63, 3.8) is 0 Å². The summed E-state index contributed by atoms with van der Waals surface area (Å²) in [4.78, 5) is 27.1. The number of para-hydroxylation sites is 1. The van der Waals surface area contributed by atoms with Gasteiger partial charge in [0.1, 0.15) is 5.82 Å². The predicted molar refractivity (Wildman–Crippen MR) is 117 cm³/mol. The number of benzene rings is 2. The van der Waals surface area contributed by atoms with Crippen molar-refractivity contribution in [1.29, 1.82) is 0 Å². The molecule has 0 atom stereocenters. The summed E-state index contributed by atoms with van der Waals surface area (Å²) in [6.45, 7) is 0. The van der Waals surface area contributed by atoms with Crippen LogP contribution < -0.4 is 5.32 Å². The number of carbonyl (C=O) groups is 1. The molecule has 0 spiro atoms. The Morgan fingerprint density at radius 1 is 1.03 bits per heavy atom. The summed E-state index contributed by atoms with van der Waals surface area (Å²) in [6.07, 6.45) is 1.60. The van der Waals surface area contributed by atoms with Gasteiger partial charge in [-0.25, -0.2) is 4.98 Å². The average molecular weight is 432 g/mol. The Bertz CT molecular complexity index is 1210. The van der Waals surface area contributed by atoms with Gasteiger partial charge in [-0.2, -0.15) is 0 Å². The molecule has 31 heavy (non-hydrogen) atoms. The Morgan fingerprint density at radius 3 is 2.58 bits per heavy atom. The normalized spacial score (nSPS) is 10.6. The van der Waals surface area contributed by atoms with Crippen LogP contribution in [0.15, 0.2) is 84.1 Å². The average Bonchev–Trinajstić information content (AvgIpc) is 3.23. The highest BCUT2D eigenvalue weighted by Gasteiger charge is 2.19. The zero-order valence-corrected chi connectivity index (χ0v) is 16.9. The number of pyridine rings is 1. The summed E-state index contributed by atoms with van der Waals surface area (Å²) in [5.74, 6) is 0.775. The maximum absolute atomic E-state index is 12.3. The molecule has 1 amide bonds. The summed E-state index contributed by atoms with van der Waals surface area (Å²) < 4.78 is 1.78. The van der Waals surface area contributed by atoms with Crippen LogP contribution in [0, 0.1) is 10.1 Å². The summed E-state index contributed by atoms with van der Waals surface area (Å²) in [5, 5.41) is 22.9. The Kier molecular flexibility index (Phi) is 5.99. The van der Waals surface area contributed by atoms with E-state index in [-0.39, 0.29) is 17.3 Å². The number of nitro benzene ring substituents is 1. The topological polar surface area (TPSA) is 116 Å². The van der Waals surface area contributed by atoms with Crippen LogP contribution in [0.25, 0.3) is 17.1 Å². The van der Waals surface area contributed by atoms with Crippen molar-refractivity contribution >= 4 is 29.2 Å². The van der Waals surface area contributed by atoms with Gasteiger partial charge in [0.15, 0.2) is 11.0 Å². The van der Waals surface area contributed by atoms with Crippen molar-refractivity contribution in [2.75, 3.05) is 11.1 Å². The van der Waals surface area contributed by atoms with Gasteiger partial charge >= 0.3 is 0 Å². The van der Waals surface area contributed by atoms with Crippen molar-refractivity contribution in [3.05, 3.63) is 89.1 Å². The van der Waals surface area contributed by atoms with Crippen LogP contribution in [0.3, 0.4) is 0 Å². The molecule has 2 aromatic carbocycles. The lowest BCUT2D eigenvalue weighted by Gasteiger charge is -2.10. The van der Waals surface area contributed by atoms with Gasteiger partial charge in [0.05, 0.1) is 10.7 Å². The predicted octanol–water partition coefficient (Wildman–Crippen LogP) is 3.97. The molecule has 0 aliphatic heterocycles. The number of carbonyl (C=O) groups excluding carboxylic acids is 1. The molecule has 0 bridgehead atoms. The van der Waals surface area contributed by atoms with Gasteiger partial charge in [-0.05, 0) is 24.3 Å². The van der Waals surface area contributed by atoms with Gasteiger partial charge in [0, 0.05) is 29.6 Å². The molecule has 0 saturated carbocycles. The summed E-state index contributed by atoms with van der Waals surface area (Å²) in [7, 11) is 0. The minimum absolute atomic E-state index is 0.0379. The van der Waals surface area contributed by atoms with Crippen molar-refractivity contribution < 1.29 is 9.72 Å². The molecule has 0 fully saturated rings. The van der Waals surface area contributed by atoms with Crippen LogP contribution in [0.2, 0.25) is 0 Å². The van der Waals surface area contributed by atoms with E-state index >= 15 is 0 Å². The van der Waals surface area contributed by atoms with Crippen molar-refractivity contribution in [3.8, 4) is 17.1 Å². The maximum Gasteiger partial charge on any atom is 0.270 e. The van der Waals surface area contributed by atoms with Gasteiger partial charge in [-0.1, -0.05) is 48.2 Å². The molecule has 4 aromatic rings. The van der Waals surface area contributed by atoms with Gasteiger partial charge in [0.25, 0.3) is 5.69 Å². The molecule has 9 nitrogen and oxygen atoms in total. The molecule has 0 radical (unpaired) electrons. The highest BCUT2D eigenvalue weighted by Crippen LogP contribution is 2.29. The molecular weight excluding hydrogens is 416 g/mol. The number of amides is 1. The Balaban J connectivity index is 1.63. The van der Waals surface area contributed by atoms with Crippen LogP contribution in [-0.4, -0.2) is 36.3 Å². The smallest absolute Gasteiger partial charge is 0.270 e. The van der Waals surface area contributed by atoms with E-state index < -0.39 is 4.92 Å². The first-order valence-electron chi connectivity index (χ1n) is 9.21. The largest absolute Gasteiger partial charge is 0.310 e. The first-order valence-corrected chi connectivity index (χ1v) is 10.2. The van der Waals surface area contributed by atoms with Gasteiger partial charge in [-0.15, -0.1) is 10.2 Å². The minimum atomic E-state index is -0.454. The third-order valence-electron chi connectivity index (χ3n) is 4.23. The number of nitrogens with zero attached hydrogens (tertiary/aromatic N) is 5. The van der Waals surface area contributed by atoms with E-state index in [0.717, 1.165) is 5.69 Å². The summed E-state index contributed by atoms with van der Waals surface area (Å²) in [5.41, 5.74) is 1.29. The van der Waals surface area contributed by atoms with Crippen LogP contribution in [0.4, 0.5) is 11.5 Å². The van der Waals surface area contributed by atoms with Gasteiger partial charge < -0.3 is 5.32 Å². The third-order valence-corrected chi connectivity index (χ3v) is 5.16. The molecular formula is C21H16N6O3S. The lowest BCUT2D eigenvalue weighted by molar-refractivity contribution is -0.384. The maximum atomic E-state index is 12.3. The fraction of sp³-hybridized carbons (Fsp3) is 0.0476. The van der Waals surface area contributed by atoms with E-state index in [4.69, 9.17) is 0 Å². The van der Waals surface area contributed by atoms with Crippen LogP contribution in [0.1, 0.15) is 0 Å². The first kappa shape index (κ1) is 20.2. The highest BCUT2D eigenvalue weighted by atomic mass is 32.2. The second-order valence-corrected chi connectivity index (χ2v) is 7.28. The molecule has 10 heteroatoms. The number of nitro groups is 1. The number of hydrogen-bond donors (Lipinski definition) is 1. The molecule has 0 aliphatic carbocycles. The SMILES string of the molecule is O=C(CSc1nnc(-c2cccc([N+](=O)[O-])c2)n1-c1ccccc1)Nc1ccccn1. The monoisotopic (exact) mass is 432 g/mol. The van der Waals surface area contributed by atoms with E-state index in [1.165, 1.54) is 23.9 Å². The minimum Gasteiger partial charge on any atom is -0.310 e. The van der Waals surface area contributed by atoms with E-state index in [9.17, 15) is 14.9 Å². The molecule has 154 valence electrons. The molecule has 2 aromatic heterocycles. The summed E-state index contributed by atoms with van der Waals surface area (Å²) in [6, 6.07) is 20.8. The standard InChI is InChI=1S/C21H16N6O3S/c28-19(23-18-11-4-5-12-22-18)14-31-21-25-24-20(26(21)16-8-2-1-3-9-16)15-7-6-10-17(13-15)27(29)30/h1-13H,14H2,(H,22,23,28). The first-order chi connectivity index (χ1) is 15.1. The van der Waals surface area contributed by atoms with Crippen molar-refractivity contribution in [2.45, 2.75) is 5.16 Å². The van der Waals surface area contributed by atoms with E-state index in [0.29, 0.717) is 22.4 Å². The van der Waals surface area contributed by atoms with Gasteiger partial charge in [0.2, 0.25) is 5.91 Å². The van der Waals surface area contributed by atoms with Crippen molar-refractivity contribution in [1.82, 2.24) is 19.7 Å². The Morgan fingerprint density at radius 2 is 1.84 bits per heavy atom. The number of rotatable bonds is 7. The fourth-order valence-electron chi connectivity index (χ4n) is 2.86. The lowest BCUT2D eigenvalue weighted by Crippen LogP contribution is -2.15. The molecule has 0 unspecified atom stereocenters. The lowest BCUT2D eigenvalue weighted by atomic mass is 10.2. The zero-order chi connectivity index (χ0) is 21.6. The molecule has 1 N–H and O–H groups in total. The Hall–Kier alpha value is -4.05. The number of non-ortho nitro benzene ring substituents is 1. The number of anilines is 1. The molecule has 2 heterocycles. The number of aromatic nitrogens is 4. The number of thioether (sulfide) groups is 1. The van der Waals surface area contributed by atoms with Crippen molar-refractivity contribution in [2.24, 2.45) is 0 Å². The fourth-order valence-corrected chi connectivity index (χ4v) is 3.62. The van der Waals surface area contributed by atoms with Crippen LogP contribution >= 0.6 is 11.8 Å². The second-order valence-electron chi connectivity index (χ2n) is 6.34. The van der Waals surface area contributed by atoms with E-state index in [2.05, 4.69) is 20.5 Å². The molecule has 0 saturated heterocycles. The summed E-state index contributed by atoms with van der Waals surface area (Å²) >= 11 is 1.21. The van der Waals surface area contributed by atoms with E-state index in [1.807, 2.05) is 30.3 Å². The number of hydrogen-bond acceptors (Lipinski definition) is 7. The third kappa shape index (κ3) is 4.75. The molecule has 4 rings (SSSR count). The van der Waals surface area contributed by atoms with Gasteiger partial charge in [-0.3, -0.25) is 19.5 Å². The zero-order valence-electron chi connectivity index (χ0n) is 16.1. The Labute approximate surface area is 181 Å².